The zero-order valence-electron chi connectivity index (χ0n) is 12.0. The SMILES string of the molecule is CCN(CCCN(C)C)c1ccccc1CCN. The monoisotopic (exact) mass is 249 g/mol. The van der Waals surface area contributed by atoms with Gasteiger partial charge < -0.3 is 15.5 Å². The van der Waals surface area contributed by atoms with Gasteiger partial charge in [-0.3, -0.25) is 0 Å². The van der Waals surface area contributed by atoms with Crippen molar-refractivity contribution in [3.8, 4) is 0 Å². The first-order chi connectivity index (χ1) is 8.69. The molecule has 2 N–H and O–H groups in total. The van der Waals surface area contributed by atoms with E-state index in [2.05, 4.69) is 55.1 Å². The first kappa shape index (κ1) is 15.0. The van der Waals surface area contributed by atoms with Crippen LogP contribution >= 0.6 is 0 Å². The van der Waals surface area contributed by atoms with Crippen LogP contribution in [-0.4, -0.2) is 45.2 Å². The molecule has 18 heavy (non-hydrogen) atoms. The largest absolute Gasteiger partial charge is 0.372 e. The summed E-state index contributed by atoms with van der Waals surface area (Å²) in [5.74, 6) is 0. The van der Waals surface area contributed by atoms with Gasteiger partial charge in [0.1, 0.15) is 0 Å². The Morgan fingerprint density at radius 3 is 2.44 bits per heavy atom. The molecule has 0 heterocycles. The molecule has 0 fully saturated rings. The van der Waals surface area contributed by atoms with Crippen molar-refractivity contribution in [3.05, 3.63) is 29.8 Å². The normalized spacial score (nSPS) is 10.9. The van der Waals surface area contributed by atoms with Crippen LogP contribution in [0.15, 0.2) is 24.3 Å². The zero-order valence-corrected chi connectivity index (χ0v) is 12.0. The second-order valence-electron chi connectivity index (χ2n) is 4.90. The van der Waals surface area contributed by atoms with E-state index in [1.54, 1.807) is 0 Å². The van der Waals surface area contributed by atoms with Crippen molar-refractivity contribution >= 4 is 5.69 Å². The van der Waals surface area contributed by atoms with Crippen LogP contribution in [0.5, 0.6) is 0 Å². The number of nitrogens with two attached hydrogens (primary N) is 1. The van der Waals surface area contributed by atoms with Crippen LogP contribution in [0.25, 0.3) is 0 Å². The van der Waals surface area contributed by atoms with Crippen LogP contribution in [-0.2, 0) is 6.42 Å². The highest BCUT2D eigenvalue weighted by Crippen LogP contribution is 2.20. The topological polar surface area (TPSA) is 32.5 Å². The third-order valence-corrected chi connectivity index (χ3v) is 3.16. The lowest BCUT2D eigenvalue weighted by molar-refractivity contribution is 0.400. The number of anilines is 1. The first-order valence-electron chi connectivity index (χ1n) is 6.86. The van der Waals surface area contributed by atoms with Gasteiger partial charge >= 0.3 is 0 Å². The van der Waals surface area contributed by atoms with Crippen molar-refractivity contribution in [2.75, 3.05) is 45.2 Å². The standard InChI is InChI=1S/C15H27N3/c1-4-18(13-7-12-17(2)3)15-9-6-5-8-14(15)10-11-16/h5-6,8-9H,4,7,10-13,16H2,1-3H3. The molecular formula is C15H27N3. The van der Waals surface area contributed by atoms with Gasteiger partial charge in [-0.25, -0.2) is 0 Å². The molecule has 1 aromatic carbocycles. The fraction of sp³-hybridized carbons (Fsp3) is 0.600. The summed E-state index contributed by atoms with van der Waals surface area (Å²) < 4.78 is 0. The van der Waals surface area contributed by atoms with Gasteiger partial charge in [0.15, 0.2) is 0 Å². The van der Waals surface area contributed by atoms with Crippen molar-refractivity contribution in [1.29, 1.82) is 0 Å². The van der Waals surface area contributed by atoms with E-state index in [9.17, 15) is 0 Å². The molecular weight excluding hydrogens is 222 g/mol. The summed E-state index contributed by atoms with van der Waals surface area (Å²) in [4.78, 5) is 4.69. The van der Waals surface area contributed by atoms with E-state index >= 15 is 0 Å². The van der Waals surface area contributed by atoms with Crippen LogP contribution < -0.4 is 10.6 Å². The van der Waals surface area contributed by atoms with E-state index in [1.807, 2.05) is 0 Å². The first-order valence-corrected chi connectivity index (χ1v) is 6.86. The van der Waals surface area contributed by atoms with Gasteiger partial charge in [-0.1, -0.05) is 18.2 Å². The molecule has 3 nitrogen and oxygen atoms in total. The van der Waals surface area contributed by atoms with E-state index in [4.69, 9.17) is 5.73 Å². The summed E-state index contributed by atoms with van der Waals surface area (Å²) >= 11 is 0. The highest BCUT2D eigenvalue weighted by Gasteiger charge is 2.08. The molecule has 0 aliphatic heterocycles. The zero-order chi connectivity index (χ0) is 13.4. The predicted molar refractivity (Wildman–Crippen MR) is 80.3 cm³/mol. The van der Waals surface area contributed by atoms with E-state index in [0.717, 1.165) is 26.1 Å². The summed E-state index contributed by atoms with van der Waals surface area (Å²) in [7, 11) is 4.25. The fourth-order valence-electron chi connectivity index (χ4n) is 2.21. The second-order valence-corrected chi connectivity index (χ2v) is 4.90. The summed E-state index contributed by atoms with van der Waals surface area (Å²) in [6.07, 6.45) is 2.15. The number of para-hydroxylation sites is 1. The lowest BCUT2D eigenvalue weighted by Crippen LogP contribution is -2.28. The van der Waals surface area contributed by atoms with Crippen LogP contribution in [0.2, 0.25) is 0 Å². The lowest BCUT2D eigenvalue weighted by atomic mass is 10.1. The van der Waals surface area contributed by atoms with Crippen LogP contribution in [0.3, 0.4) is 0 Å². The Kier molecular flexibility index (Phi) is 6.76. The summed E-state index contributed by atoms with van der Waals surface area (Å²) in [5.41, 5.74) is 8.40. The van der Waals surface area contributed by atoms with E-state index in [-0.39, 0.29) is 0 Å². The smallest absolute Gasteiger partial charge is 0.0399 e. The van der Waals surface area contributed by atoms with E-state index in [0.29, 0.717) is 6.54 Å². The maximum atomic E-state index is 5.69. The Labute approximate surface area is 112 Å². The minimum atomic E-state index is 0.715. The Balaban J connectivity index is 2.68. The van der Waals surface area contributed by atoms with Gasteiger partial charge in [0.25, 0.3) is 0 Å². The molecule has 0 atom stereocenters. The van der Waals surface area contributed by atoms with Crippen LogP contribution in [0.1, 0.15) is 18.9 Å². The fourth-order valence-corrected chi connectivity index (χ4v) is 2.21. The maximum absolute atomic E-state index is 5.69. The predicted octanol–water partition coefficient (Wildman–Crippen LogP) is 1.97. The molecule has 0 aliphatic rings. The van der Waals surface area contributed by atoms with Crippen molar-refractivity contribution in [3.63, 3.8) is 0 Å². The minimum absolute atomic E-state index is 0.715. The average molecular weight is 249 g/mol. The Bertz CT molecular complexity index is 336. The summed E-state index contributed by atoms with van der Waals surface area (Å²) in [6, 6.07) is 8.62. The molecule has 1 aromatic rings. The van der Waals surface area contributed by atoms with Crippen molar-refractivity contribution in [1.82, 2.24) is 4.90 Å². The van der Waals surface area contributed by atoms with Crippen molar-refractivity contribution in [2.45, 2.75) is 19.8 Å². The Hall–Kier alpha value is -1.06. The number of hydrogen-bond acceptors (Lipinski definition) is 3. The van der Waals surface area contributed by atoms with Crippen molar-refractivity contribution in [2.24, 2.45) is 5.73 Å². The summed E-state index contributed by atoms with van der Waals surface area (Å²) in [6.45, 7) is 6.22. The third-order valence-electron chi connectivity index (χ3n) is 3.16. The molecule has 0 radical (unpaired) electrons. The molecule has 3 heteroatoms. The van der Waals surface area contributed by atoms with Crippen molar-refractivity contribution < 1.29 is 0 Å². The molecule has 0 saturated carbocycles. The molecule has 0 aliphatic carbocycles. The minimum Gasteiger partial charge on any atom is -0.372 e. The highest BCUT2D eigenvalue weighted by molar-refractivity contribution is 5.53. The summed E-state index contributed by atoms with van der Waals surface area (Å²) in [5, 5.41) is 0. The average Bonchev–Trinajstić information content (AvgIpc) is 2.36. The van der Waals surface area contributed by atoms with Gasteiger partial charge in [-0.05, 0) is 58.6 Å². The molecule has 0 aromatic heterocycles. The van der Waals surface area contributed by atoms with E-state index in [1.165, 1.54) is 17.7 Å². The Morgan fingerprint density at radius 2 is 1.83 bits per heavy atom. The molecule has 0 saturated heterocycles. The molecule has 0 amide bonds. The van der Waals surface area contributed by atoms with Gasteiger partial charge in [0.05, 0.1) is 0 Å². The Morgan fingerprint density at radius 1 is 1.11 bits per heavy atom. The number of rotatable bonds is 8. The van der Waals surface area contributed by atoms with Crippen LogP contribution in [0, 0.1) is 0 Å². The van der Waals surface area contributed by atoms with Gasteiger partial charge in [0.2, 0.25) is 0 Å². The number of hydrogen-bond donors (Lipinski definition) is 1. The molecule has 0 spiro atoms. The third kappa shape index (κ3) is 4.67. The number of nitrogens with zero attached hydrogens (tertiary/aromatic N) is 2. The number of benzene rings is 1. The van der Waals surface area contributed by atoms with Gasteiger partial charge in [-0.2, -0.15) is 0 Å². The van der Waals surface area contributed by atoms with E-state index < -0.39 is 0 Å². The molecule has 0 bridgehead atoms. The highest BCUT2D eigenvalue weighted by atomic mass is 15.1. The molecule has 0 unspecified atom stereocenters. The molecule has 1 rings (SSSR count). The lowest BCUT2D eigenvalue weighted by Gasteiger charge is -2.26. The van der Waals surface area contributed by atoms with Gasteiger partial charge in [-0.15, -0.1) is 0 Å². The quantitative estimate of drug-likeness (QED) is 0.764. The second kappa shape index (κ2) is 8.11. The molecule has 102 valence electrons. The van der Waals surface area contributed by atoms with Crippen LogP contribution in [0.4, 0.5) is 5.69 Å². The maximum Gasteiger partial charge on any atom is 0.0399 e. The van der Waals surface area contributed by atoms with Gasteiger partial charge in [0, 0.05) is 18.8 Å².